The first-order valence-electron chi connectivity index (χ1n) is 10.2. The lowest BCUT2D eigenvalue weighted by atomic mass is 10.0. The summed E-state index contributed by atoms with van der Waals surface area (Å²) >= 11 is 0. The van der Waals surface area contributed by atoms with Crippen LogP contribution in [0.5, 0.6) is 0 Å². The average Bonchev–Trinajstić information content (AvgIpc) is 3.20. The van der Waals surface area contributed by atoms with Gasteiger partial charge in [0.2, 0.25) is 5.91 Å². The van der Waals surface area contributed by atoms with Crippen LogP contribution in [0, 0.1) is 0 Å². The molecule has 0 spiro atoms. The van der Waals surface area contributed by atoms with E-state index in [1.165, 1.54) is 4.90 Å². The van der Waals surface area contributed by atoms with E-state index in [0.29, 0.717) is 51.6 Å². The number of nitrogens with zero attached hydrogens (tertiary/aromatic N) is 1. The van der Waals surface area contributed by atoms with Gasteiger partial charge < -0.3 is 31.8 Å². The Bertz CT molecular complexity index is 687. The van der Waals surface area contributed by atoms with Gasteiger partial charge in [0, 0.05) is 6.54 Å². The van der Waals surface area contributed by atoms with Crippen LogP contribution in [-0.2, 0) is 20.8 Å². The third-order valence-electron chi connectivity index (χ3n) is 5.33. The Hall–Kier alpha value is -2.53. The van der Waals surface area contributed by atoms with E-state index in [0.717, 1.165) is 12.0 Å². The maximum atomic E-state index is 13.1. The highest BCUT2D eigenvalue weighted by Gasteiger charge is 2.38. The van der Waals surface area contributed by atoms with Crippen molar-refractivity contribution in [2.45, 2.75) is 63.1 Å². The molecule has 1 aliphatic heterocycles. The Morgan fingerprint density at radius 2 is 1.74 bits per heavy atom. The molecule has 10 heteroatoms. The molecule has 1 aromatic rings. The van der Waals surface area contributed by atoms with Gasteiger partial charge in [0.25, 0.3) is 0 Å². The van der Waals surface area contributed by atoms with Crippen molar-refractivity contribution in [1.29, 1.82) is 0 Å². The summed E-state index contributed by atoms with van der Waals surface area (Å²) in [4.78, 5) is 37.7. The van der Waals surface area contributed by atoms with Gasteiger partial charge in [0.1, 0.15) is 12.1 Å². The number of aliphatic carboxylic acids is 2. The molecule has 176 valence electrons. The molecule has 0 radical (unpaired) electrons. The number of aryl methyl sites for hydroxylation is 1. The molecule has 2 rings (SSSR count). The maximum Gasteiger partial charge on any atom is 0.326 e. The molecule has 1 heterocycles. The van der Waals surface area contributed by atoms with Gasteiger partial charge in [-0.25, -0.2) is 4.79 Å². The normalized spacial score (nSPS) is 17.2. The summed E-state index contributed by atoms with van der Waals surface area (Å²) in [5.41, 5.74) is 6.57. The zero-order valence-corrected chi connectivity index (χ0v) is 17.6. The molecule has 9 N–H and O–H groups in total. The highest BCUT2D eigenvalue weighted by molar-refractivity contribution is 5.88. The van der Waals surface area contributed by atoms with E-state index in [2.05, 4.69) is 5.32 Å². The fourth-order valence-electron chi connectivity index (χ4n) is 3.73. The fourth-order valence-corrected chi connectivity index (χ4v) is 3.73. The second kappa shape index (κ2) is 14.5. The lowest BCUT2D eigenvalue weighted by Gasteiger charge is -2.29. The van der Waals surface area contributed by atoms with Gasteiger partial charge in [0.05, 0.1) is 6.04 Å². The molecule has 1 amide bonds. The minimum absolute atomic E-state index is 0. The van der Waals surface area contributed by atoms with E-state index in [4.69, 9.17) is 5.73 Å². The molecule has 31 heavy (non-hydrogen) atoms. The van der Waals surface area contributed by atoms with Crippen LogP contribution in [0.25, 0.3) is 0 Å². The third kappa shape index (κ3) is 8.62. The highest BCUT2D eigenvalue weighted by atomic mass is 16.4. The summed E-state index contributed by atoms with van der Waals surface area (Å²) in [5.74, 6) is -2.37. The number of hydrogen-bond acceptors (Lipinski definition) is 5. The van der Waals surface area contributed by atoms with Gasteiger partial charge in [-0.05, 0) is 50.6 Å². The smallest absolute Gasteiger partial charge is 0.326 e. The summed E-state index contributed by atoms with van der Waals surface area (Å²) in [6.45, 7) is 0.866. The molecule has 1 unspecified atom stereocenters. The zero-order chi connectivity index (χ0) is 21.2. The third-order valence-corrected chi connectivity index (χ3v) is 5.33. The number of amides is 1. The Balaban J connectivity index is 0.00000450. The van der Waals surface area contributed by atoms with E-state index in [1.54, 1.807) is 0 Å². The molecule has 1 aromatic carbocycles. The molecule has 3 atom stereocenters. The Labute approximate surface area is 182 Å². The quantitative estimate of drug-likeness (QED) is 0.316. The number of carbonyl (C=O) groups excluding carboxylic acids is 1. The van der Waals surface area contributed by atoms with E-state index < -0.39 is 30.1 Å². The number of hydrogen-bond donors (Lipinski definition) is 4. The molecular weight excluding hydrogens is 406 g/mol. The zero-order valence-electron chi connectivity index (χ0n) is 17.6. The monoisotopic (exact) mass is 441 g/mol. The number of nitrogens with one attached hydrogen (secondary N) is 1. The van der Waals surface area contributed by atoms with Crippen molar-refractivity contribution in [2.75, 3.05) is 13.1 Å². The first-order chi connectivity index (χ1) is 13.9. The molecule has 0 saturated carbocycles. The van der Waals surface area contributed by atoms with E-state index in [9.17, 15) is 24.6 Å². The van der Waals surface area contributed by atoms with Crippen LogP contribution in [0.4, 0.5) is 0 Å². The van der Waals surface area contributed by atoms with Crippen molar-refractivity contribution in [3.63, 3.8) is 0 Å². The standard InChI is InChI=1S/C21H31N3O5.2H2O/c22-13-5-4-9-16(19(25)24-14-6-10-18(24)21(28)29)23-17(20(26)27)12-11-15-7-2-1-3-8-15;;/h1-3,7-8,16-18,23H,4-6,9-14,22H2,(H,26,27)(H,28,29);2*1H2/t16-,17?,18-;;/m1../s1. The summed E-state index contributed by atoms with van der Waals surface area (Å²) in [5, 5.41) is 22.0. The van der Waals surface area contributed by atoms with Crippen LogP contribution in [0.3, 0.4) is 0 Å². The minimum Gasteiger partial charge on any atom is -0.480 e. The number of nitrogens with two attached hydrogens (primary N) is 1. The number of unbranched alkanes of at least 4 members (excludes halogenated alkanes) is 1. The predicted molar refractivity (Wildman–Crippen MR) is 116 cm³/mol. The topological polar surface area (TPSA) is 196 Å². The van der Waals surface area contributed by atoms with Crippen LogP contribution in [0.1, 0.15) is 44.1 Å². The molecule has 0 aromatic heterocycles. The van der Waals surface area contributed by atoms with Crippen molar-refractivity contribution >= 4 is 17.8 Å². The lowest BCUT2D eigenvalue weighted by Crippen LogP contribution is -2.54. The lowest BCUT2D eigenvalue weighted by molar-refractivity contribution is -0.149. The number of carboxylic acid groups (broad SMARTS) is 2. The molecular formula is C21H35N3O7. The molecule has 0 aliphatic carbocycles. The van der Waals surface area contributed by atoms with Gasteiger partial charge in [0.15, 0.2) is 0 Å². The second-order valence-electron chi connectivity index (χ2n) is 7.45. The van der Waals surface area contributed by atoms with Gasteiger partial charge in [-0.15, -0.1) is 0 Å². The van der Waals surface area contributed by atoms with Crippen LogP contribution in [-0.4, -0.2) is 75.1 Å². The molecule has 0 bridgehead atoms. The summed E-state index contributed by atoms with van der Waals surface area (Å²) in [7, 11) is 0. The van der Waals surface area contributed by atoms with Crippen molar-refractivity contribution in [3.8, 4) is 0 Å². The minimum atomic E-state index is -1.02. The Morgan fingerprint density at radius 3 is 2.32 bits per heavy atom. The number of rotatable bonds is 12. The van der Waals surface area contributed by atoms with Crippen molar-refractivity contribution in [3.05, 3.63) is 35.9 Å². The predicted octanol–water partition coefficient (Wildman–Crippen LogP) is -0.414. The SMILES string of the molecule is NCCCC[C@@H](NC(CCc1ccccc1)C(=O)O)C(=O)N1CCC[C@@H]1C(=O)O.O.O. The number of carbonyl (C=O) groups is 3. The van der Waals surface area contributed by atoms with Gasteiger partial charge in [-0.3, -0.25) is 14.9 Å². The number of benzene rings is 1. The van der Waals surface area contributed by atoms with E-state index in [-0.39, 0.29) is 16.9 Å². The first-order valence-corrected chi connectivity index (χ1v) is 10.2. The Kier molecular flexibility index (Phi) is 13.3. The van der Waals surface area contributed by atoms with Crippen molar-refractivity contribution in [1.82, 2.24) is 10.2 Å². The van der Waals surface area contributed by atoms with Crippen LogP contribution in [0.15, 0.2) is 30.3 Å². The van der Waals surface area contributed by atoms with Gasteiger partial charge >= 0.3 is 11.9 Å². The molecule has 10 nitrogen and oxygen atoms in total. The van der Waals surface area contributed by atoms with Crippen molar-refractivity contribution in [2.24, 2.45) is 5.73 Å². The fraction of sp³-hybridized carbons (Fsp3) is 0.571. The number of likely N-dealkylation sites (tertiary alicyclic amines) is 1. The molecule has 1 aliphatic rings. The van der Waals surface area contributed by atoms with E-state index >= 15 is 0 Å². The van der Waals surface area contributed by atoms with Gasteiger partial charge in [-0.2, -0.15) is 0 Å². The van der Waals surface area contributed by atoms with Crippen LogP contribution < -0.4 is 11.1 Å². The average molecular weight is 442 g/mol. The highest BCUT2D eigenvalue weighted by Crippen LogP contribution is 2.20. The van der Waals surface area contributed by atoms with Gasteiger partial charge in [-0.1, -0.05) is 36.8 Å². The van der Waals surface area contributed by atoms with Crippen LogP contribution >= 0.6 is 0 Å². The number of carboxylic acids is 2. The first kappa shape index (κ1) is 28.5. The maximum absolute atomic E-state index is 13.1. The van der Waals surface area contributed by atoms with Crippen molar-refractivity contribution < 1.29 is 35.5 Å². The molecule has 1 saturated heterocycles. The Morgan fingerprint density at radius 1 is 1.06 bits per heavy atom. The summed E-state index contributed by atoms with van der Waals surface area (Å²) in [6.07, 6.45) is 3.76. The van der Waals surface area contributed by atoms with Crippen LogP contribution in [0.2, 0.25) is 0 Å². The largest absolute Gasteiger partial charge is 0.480 e. The molecule has 1 fully saturated rings. The van der Waals surface area contributed by atoms with E-state index in [1.807, 2.05) is 30.3 Å². The summed E-state index contributed by atoms with van der Waals surface area (Å²) < 4.78 is 0. The second-order valence-corrected chi connectivity index (χ2v) is 7.45. The summed E-state index contributed by atoms with van der Waals surface area (Å²) in [6, 6.07) is 7.10.